The molecule has 4 aromatic heterocycles. The summed E-state index contributed by atoms with van der Waals surface area (Å²) in [6.45, 7) is 13.4. The van der Waals surface area contributed by atoms with Crippen LogP contribution in [-0.2, 0) is 32.8 Å². The van der Waals surface area contributed by atoms with E-state index in [1.807, 2.05) is 23.6 Å². The van der Waals surface area contributed by atoms with E-state index in [1.54, 1.807) is 41.6 Å². The zero-order valence-corrected chi connectivity index (χ0v) is 39.2. The minimum absolute atomic E-state index is 0.00514. The number of carbonyl (C=O) groups excluding carboxylic acids is 1. The predicted octanol–water partition coefficient (Wildman–Crippen LogP) is 7.43. The van der Waals surface area contributed by atoms with Gasteiger partial charge in [0.15, 0.2) is 11.6 Å². The van der Waals surface area contributed by atoms with E-state index in [9.17, 15) is 13.8 Å². The lowest BCUT2D eigenvalue weighted by Crippen LogP contribution is -2.41. The number of ether oxygens (including phenoxy) is 1. The second kappa shape index (κ2) is 15.1. The Morgan fingerprint density at radius 2 is 1.70 bits per heavy atom. The Morgan fingerprint density at radius 1 is 0.955 bits per heavy atom. The third-order valence-electron chi connectivity index (χ3n) is 14.6. The van der Waals surface area contributed by atoms with Crippen molar-refractivity contribution in [2.24, 2.45) is 15.7 Å². The molecule has 7 heterocycles. The van der Waals surface area contributed by atoms with E-state index in [0.29, 0.717) is 76.4 Å². The second-order valence-corrected chi connectivity index (χ2v) is 22.1. The van der Waals surface area contributed by atoms with Gasteiger partial charge in [0.05, 0.1) is 57.5 Å². The van der Waals surface area contributed by atoms with Gasteiger partial charge in [-0.25, -0.2) is 31.6 Å². The molecule has 0 bridgehead atoms. The van der Waals surface area contributed by atoms with Gasteiger partial charge in [-0.3, -0.25) is 23.4 Å². The fourth-order valence-corrected chi connectivity index (χ4v) is 12.7. The first-order valence-electron chi connectivity index (χ1n) is 22.7. The molecular formula is C49H51F2N9O6S. The van der Waals surface area contributed by atoms with Gasteiger partial charge < -0.3 is 14.2 Å². The molecule has 1 amide bonds. The number of aromatic nitrogens is 7. The molecule has 11 rings (SSSR count). The first kappa shape index (κ1) is 43.2. The maximum absolute atomic E-state index is 16.4. The van der Waals surface area contributed by atoms with E-state index in [2.05, 4.69) is 47.4 Å². The van der Waals surface area contributed by atoms with Gasteiger partial charge >= 0.3 is 11.4 Å². The lowest BCUT2D eigenvalue weighted by molar-refractivity contribution is -0.00187. The number of H-pyrrole nitrogens is 1. The Morgan fingerprint density at radius 3 is 2.40 bits per heavy atom. The molecule has 4 aliphatic rings. The van der Waals surface area contributed by atoms with Crippen LogP contribution < -0.4 is 11.4 Å². The van der Waals surface area contributed by atoms with Crippen molar-refractivity contribution < 1.29 is 27.0 Å². The molecule has 3 aromatic carbocycles. The Hall–Kier alpha value is -6.40. The quantitative estimate of drug-likeness (QED) is 0.172. The standard InChI is InChI=1S/C49H51F2N9O6S/c1-26-18-33(19-27(2)41(26)50)60-43(58-17-16-57(47(58)63)37-10-11-39-34(42(37)51)12-14-52-67(39,7)64)40-29(4)56(15-13-35(40)54-60)44(61)38-21-31-20-30(32-23-48(5,6)25-65-24-32)8-9-36(31)59(38)49(22-28(49)3)45-53-46(62)66-55-45/h8-11,16-21,28-29,32H,12-15,22-25H2,1-7H3,(H,53,55,62)/t28-,29-,32+,49-,67+/m0/s1. The lowest BCUT2D eigenvalue weighted by atomic mass is 9.79. The van der Waals surface area contributed by atoms with E-state index in [4.69, 9.17) is 14.4 Å². The fraction of sp³-hybridized carbons (Fsp3) is 0.408. The molecule has 7 aromatic rings. The normalized spacial score (nSPS) is 24.4. The van der Waals surface area contributed by atoms with E-state index < -0.39 is 38.6 Å². The van der Waals surface area contributed by atoms with Crippen molar-refractivity contribution in [3.63, 3.8) is 0 Å². The average molecular weight is 932 g/mol. The summed E-state index contributed by atoms with van der Waals surface area (Å²) < 4.78 is 66.3. The predicted molar refractivity (Wildman–Crippen MR) is 246 cm³/mol. The summed E-state index contributed by atoms with van der Waals surface area (Å²) in [5.41, 5.74) is 3.58. The molecule has 0 spiro atoms. The Balaban J connectivity index is 1.06. The number of amides is 1. The summed E-state index contributed by atoms with van der Waals surface area (Å²) in [5.74, 6) is -1.18. The van der Waals surface area contributed by atoms with Crippen LogP contribution in [0, 0.1) is 36.8 Å². The number of nitrogens with one attached hydrogen (secondary N) is 1. The number of aryl methyl sites for hydroxylation is 2. The number of benzene rings is 3. The van der Waals surface area contributed by atoms with E-state index in [-0.39, 0.29) is 59.7 Å². The maximum atomic E-state index is 16.4. The monoisotopic (exact) mass is 931 g/mol. The average Bonchev–Trinajstić information content (AvgIpc) is 3.77. The van der Waals surface area contributed by atoms with Gasteiger partial charge in [0.1, 0.15) is 22.9 Å². The largest absolute Gasteiger partial charge is 0.438 e. The van der Waals surface area contributed by atoms with Crippen LogP contribution in [0.3, 0.4) is 0 Å². The molecule has 1 aliphatic carbocycles. The van der Waals surface area contributed by atoms with Crippen molar-refractivity contribution in [3.05, 3.63) is 139 Å². The van der Waals surface area contributed by atoms with Gasteiger partial charge in [-0.15, -0.1) is 0 Å². The lowest BCUT2D eigenvalue weighted by Gasteiger charge is -2.35. The summed E-state index contributed by atoms with van der Waals surface area (Å²) >= 11 is 0. The Labute approximate surface area is 384 Å². The minimum atomic E-state index is -2.80. The Bertz CT molecular complexity index is 3470. The van der Waals surface area contributed by atoms with E-state index in [1.165, 1.54) is 33.9 Å². The molecule has 3 aliphatic heterocycles. The summed E-state index contributed by atoms with van der Waals surface area (Å²) in [7, 11) is -2.80. The second-order valence-electron chi connectivity index (χ2n) is 19.8. The van der Waals surface area contributed by atoms with Crippen molar-refractivity contribution in [1.82, 2.24) is 38.5 Å². The Kier molecular flexibility index (Phi) is 9.70. The van der Waals surface area contributed by atoms with Crippen molar-refractivity contribution in [2.45, 2.75) is 89.6 Å². The fourth-order valence-electron chi connectivity index (χ4n) is 11.1. The van der Waals surface area contributed by atoms with Gasteiger partial charge in [0.25, 0.3) is 5.91 Å². The zero-order valence-electron chi connectivity index (χ0n) is 38.4. The zero-order chi connectivity index (χ0) is 47.1. The highest BCUT2D eigenvalue weighted by molar-refractivity contribution is 7.93. The van der Waals surface area contributed by atoms with Crippen LogP contribution in [0.15, 0.2) is 84.3 Å². The van der Waals surface area contributed by atoms with Crippen molar-refractivity contribution in [1.29, 1.82) is 0 Å². The molecular weight excluding hydrogens is 881 g/mol. The smallest absolute Gasteiger partial charge is 0.380 e. The molecule has 0 unspecified atom stereocenters. The number of rotatable bonds is 7. The molecule has 1 saturated heterocycles. The highest BCUT2D eigenvalue weighted by atomic mass is 32.2. The summed E-state index contributed by atoms with van der Waals surface area (Å²) in [5, 5.41) is 10.1. The van der Waals surface area contributed by atoms with Crippen molar-refractivity contribution in [2.75, 3.05) is 32.6 Å². The molecule has 348 valence electrons. The molecule has 1 N–H and O–H groups in total. The maximum Gasteiger partial charge on any atom is 0.438 e. The van der Waals surface area contributed by atoms with Crippen LogP contribution in [0.4, 0.5) is 8.78 Å². The number of aromatic amines is 1. The number of nitrogens with zero attached hydrogens (tertiary/aromatic N) is 8. The molecule has 67 heavy (non-hydrogen) atoms. The van der Waals surface area contributed by atoms with Gasteiger partial charge in [0, 0.05) is 59.6 Å². The van der Waals surface area contributed by atoms with Crippen LogP contribution in [0.2, 0.25) is 0 Å². The highest BCUT2D eigenvalue weighted by Crippen LogP contribution is 2.56. The molecule has 0 radical (unpaired) electrons. The number of carbonyl (C=O) groups is 1. The number of fused-ring (bicyclic) bond motifs is 3. The first-order valence-corrected chi connectivity index (χ1v) is 24.6. The number of hydrogen-bond donors (Lipinski definition) is 1. The van der Waals surface area contributed by atoms with Crippen molar-refractivity contribution >= 4 is 26.5 Å². The van der Waals surface area contributed by atoms with E-state index in [0.717, 1.165) is 22.9 Å². The van der Waals surface area contributed by atoms with Gasteiger partial charge in [-0.1, -0.05) is 32.0 Å². The van der Waals surface area contributed by atoms with Crippen LogP contribution in [0.1, 0.15) is 102 Å². The van der Waals surface area contributed by atoms with Gasteiger partial charge in [-0.05, 0) is 111 Å². The third-order valence-corrected chi connectivity index (χ3v) is 16.4. The van der Waals surface area contributed by atoms with Crippen LogP contribution in [0.25, 0.3) is 28.1 Å². The summed E-state index contributed by atoms with van der Waals surface area (Å²) in [4.78, 5) is 47.7. The number of imidazole rings is 1. The third kappa shape index (κ3) is 6.64. The minimum Gasteiger partial charge on any atom is -0.380 e. The number of hydrogen-bond acceptors (Lipinski definition) is 9. The molecule has 1 saturated carbocycles. The van der Waals surface area contributed by atoms with Gasteiger partial charge in [0.2, 0.25) is 0 Å². The van der Waals surface area contributed by atoms with Gasteiger partial charge in [-0.2, -0.15) is 5.10 Å². The summed E-state index contributed by atoms with van der Waals surface area (Å²) in [6.07, 6.45) is 6.59. The van der Waals surface area contributed by atoms with Crippen molar-refractivity contribution in [3.8, 4) is 17.2 Å². The van der Waals surface area contributed by atoms with E-state index >= 15 is 13.6 Å². The SMILES string of the molecule is Cc1cc(-n2nc3c(c2-n2ccn(-c4ccc5c(c4F)CCN=[S@]5(C)=O)c2=O)[C@H](C)N(C(=O)c2cc4cc([C@H]5COCC(C)(C)C5)ccc4n2[C@@]2(c4noc(=O)[nH]4)C[C@@H]2C)CC3)cc(C)c1F. The summed E-state index contributed by atoms with van der Waals surface area (Å²) in [6, 6.07) is 13.9. The topological polar surface area (TPSA) is 168 Å². The first-order chi connectivity index (χ1) is 31.9. The van der Waals surface area contributed by atoms with Crippen LogP contribution >= 0.6 is 0 Å². The molecule has 18 heteroatoms. The molecule has 2 fully saturated rings. The van der Waals surface area contributed by atoms with Crippen LogP contribution in [-0.4, -0.2) is 81.2 Å². The molecule has 15 nitrogen and oxygen atoms in total. The number of halogens is 2. The highest BCUT2D eigenvalue weighted by Gasteiger charge is 2.59. The molecule has 5 atom stereocenters. The van der Waals surface area contributed by atoms with Crippen LogP contribution in [0.5, 0.6) is 0 Å².